The summed E-state index contributed by atoms with van der Waals surface area (Å²) in [4.78, 5) is 0. The monoisotopic (exact) mass is 288 g/mol. The van der Waals surface area contributed by atoms with Crippen LogP contribution in [0.25, 0.3) is 0 Å². The van der Waals surface area contributed by atoms with E-state index in [1.54, 1.807) is 0 Å². The minimum Gasteiger partial charge on any atom is -0.385 e. The summed E-state index contributed by atoms with van der Waals surface area (Å²) in [7, 11) is 0. The fourth-order valence-corrected chi connectivity index (χ4v) is 4.17. The van der Waals surface area contributed by atoms with Crippen molar-refractivity contribution in [1.82, 2.24) is 0 Å². The normalized spacial score (nSPS) is 27.7. The molecule has 0 radical (unpaired) electrons. The summed E-state index contributed by atoms with van der Waals surface area (Å²) in [5.41, 5.74) is 2.92. The van der Waals surface area contributed by atoms with Crippen LogP contribution in [-0.2, 0) is 10.3 Å². The Morgan fingerprint density at radius 2 is 1.90 bits per heavy atom. The molecule has 3 rings (SSSR count). The van der Waals surface area contributed by atoms with Gasteiger partial charge in [0.2, 0.25) is 0 Å². The topological polar surface area (TPSA) is 29.5 Å². The molecule has 1 saturated carbocycles. The highest BCUT2D eigenvalue weighted by molar-refractivity contribution is 5.33. The Hall–Kier alpha value is -0.860. The number of aryl methyl sites for hydroxylation is 2. The van der Waals surface area contributed by atoms with Gasteiger partial charge in [-0.3, -0.25) is 0 Å². The lowest BCUT2D eigenvalue weighted by Gasteiger charge is -2.44. The number of aliphatic hydroxyl groups is 1. The molecule has 1 N–H and O–H groups in total. The van der Waals surface area contributed by atoms with Crippen molar-refractivity contribution in [3.05, 3.63) is 34.9 Å². The number of benzene rings is 1. The molecule has 1 saturated heterocycles. The molecule has 2 atom stereocenters. The van der Waals surface area contributed by atoms with E-state index in [1.807, 2.05) is 6.92 Å². The van der Waals surface area contributed by atoms with Gasteiger partial charge in [0.15, 0.2) is 0 Å². The van der Waals surface area contributed by atoms with Crippen LogP contribution >= 0.6 is 0 Å². The van der Waals surface area contributed by atoms with Gasteiger partial charge in [-0.1, -0.05) is 31.0 Å². The molecule has 1 aromatic rings. The summed E-state index contributed by atoms with van der Waals surface area (Å²) < 4.78 is 6.12. The molecule has 2 fully saturated rings. The Morgan fingerprint density at radius 1 is 1.19 bits per heavy atom. The van der Waals surface area contributed by atoms with E-state index in [0.29, 0.717) is 5.92 Å². The van der Waals surface area contributed by atoms with Crippen molar-refractivity contribution in [2.45, 2.75) is 70.5 Å². The Labute approximate surface area is 128 Å². The van der Waals surface area contributed by atoms with Crippen LogP contribution in [0.2, 0.25) is 0 Å². The zero-order chi connectivity index (χ0) is 15.1. The largest absolute Gasteiger partial charge is 0.385 e. The van der Waals surface area contributed by atoms with E-state index in [2.05, 4.69) is 32.0 Å². The lowest BCUT2D eigenvalue weighted by Crippen LogP contribution is -2.44. The van der Waals surface area contributed by atoms with Gasteiger partial charge in [0, 0.05) is 6.61 Å². The van der Waals surface area contributed by atoms with Gasteiger partial charge in [-0.15, -0.1) is 0 Å². The van der Waals surface area contributed by atoms with Crippen molar-refractivity contribution in [2.75, 3.05) is 6.61 Å². The molecule has 2 nitrogen and oxygen atoms in total. The lowest BCUT2D eigenvalue weighted by molar-refractivity contribution is -0.138. The predicted octanol–water partition coefficient (Wildman–Crippen LogP) is 4.25. The maximum Gasteiger partial charge on any atom is 0.0898 e. The highest BCUT2D eigenvalue weighted by Gasteiger charge is 2.45. The fraction of sp³-hybridized carbons (Fsp3) is 0.684. The van der Waals surface area contributed by atoms with Crippen molar-refractivity contribution in [3.8, 4) is 0 Å². The lowest BCUT2D eigenvalue weighted by atomic mass is 9.72. The van der Waals surface area contributed by atoms with E-state index >= 15 is 0 Å². The minimum absolute atomic E-state index is 0.0622. The van der Waals surface area contributed by atoms with Crippen LogP contribution in [0.5, 0.6) is 0 Å². The van der Waals surface area contributed by atoms with Crippen LogP contribution < -0.4 is 0 Å². The minimum atomic E-state index is -0.752. The van der Waals surface area contributed by atoms with Crippen LogP contribution in [0, 0.1) is 19.8 Å². The van der Waals surface area contributed by atoms with E-state index in [-0.39, 0.29) is 5.60 Å². The number of ether oxygens (including phenoxy) is 1. The number of hydrogen-bond donors (Lipinski definition) is 1. The van der Waals surface area contributed by atoms with Gasteiger partial charge < -0.3 is 9.84 Å². The maximum absolute atomic E-state index is 11.2. The standard InChI is InChI=1S/C19H28O2/c1-14-6-7-16(12-15(14)2)18(3,20)17-8-11-21-19(13-17)9-4-5-10-19/h6-7,12,17,20H,4-5,8-11,13H2,1-3H3. The van der Waals surface area contributed by atoms with Crippen LogP contribution in [0.3, 0.4) is 0 Å². The first-order chi connectivity index (χ1) is 9.93. The first kappa shape index (κ1) is 15.1. The third kappa shape index (κ3) is 2.76. The van der Waals surface area contributed by atoms with E-state index < -0.39 is 5.60 Å². The molecular formula is C19H28O2. The van der Waals surface area contributed by atoms with Crippen LogP contribution in [0.4, 0.5) is 0 Å². The van der Waals surface area contributed by atoms with Gasteiger partial charge in [-0.25, -0.2) is 0 Å². The average molecular weight is 288 g/mol. The Bertz CT molecular complexity index is 512. The summed E-state index contributed by atoms with van der Waals surface area (Å²) >= 11 is 0. The average Bonchev–Trinajstić information content (AvgIpc) is 2.89. The maximum atomic E-state index is 11.2. The zero-order valence-electron chi connectivity index (χ0n) is 13.6. The fourth-order valence-electron chi connectivity index (χ4n) is 4.17. The third-order valence-electron chi connectivity index (χ3n) is 5.89. The molecule has 21 heavy (non-hydrogen) atoms. The summed E-state index contributed by atoms with van der Waals surface area (Å²) in [6.07, 6.45) is 6.87. The van der Waals surface area contributed by atoms with Crippen molar-refractivity contribution in [1.29, 1.82) is 0 Å². The molecule has 1 heterocycles. The smallest absolute Gasteiger partial charge is 0.0898 e. The molecule has 0 amide bonds. The first-order valence-electron chi connectivity index (χ1n) is 8.37. The van der Waals surface area contributed by atoms with E-state index in [0.717, 1.165) is 25.0 Å². The Balaban J connectivity index is 1.84. The highest BCUT2D eigenvalue weighted by Crippen LogP contribution is 2.47. The molecule has 1 aromatic carbocycles. The van der Waals surface area contributed by atoms with Crippen molar-refractivity contribution < 1.29 is 9.84 Å². The highest BCUT2D eigenvalue weighted by atomic mass is 16.5. The second-order valence-corrected chi connectivity index (χ2v) is 7.37. The molecule has 116 valence electrons. The molecule has 1 aliphatic carbocycles. The van der Waals surface area contributed by atoms with Crippen LogP contribution in [0.1, 0.15) is 62.1 Å². The summed E-state index contributed by atoms with van der Waals surface area (Å²) in [6, 6.07) is 6.38. The van der Waals surface area contributed by atoms with E-state index in [9.17, 15) is 5.11 Å². The van der Waals surface area contributed by atoms with Crippen molar-refractivity contribution in [2.24, 2.45) is 5.92 Å². The van der Waals surface area contributed by atoms with Gasteiger partial charge in [0.1, 0.15) is 0 Å². The molecular weight excluding hydrogens is 260 g/mol. The molecule has 0 bridgehead atoms. The molecule has 0 aromatic heterocycles. The van der Waals surface area contributed by atoms with E-state index in [4.69, 9.17) is 4.74 Å². The summed E-state index contributed by atoms with van der Waals surface area (Å²) in [5.74, 6) is 0.298. The van der Waals surface area contributed by atoms with Crippen LogP contribution in [-0.4, -0.2) is 17.3 Å². The SMILES string of the molecule is Cc1ccc(C(C)(O)C2CCOC3(CCCC3)C2)cc1C. The van der Waals surface area contributed by atoms with Crippen LogP contribution in [0.15, 0.2) is 18.2 Å². The van der Waals surface area contributed by atoms with E-state index in [1.165, 1.54) is 36.8 Å². The van der Waals surface area contributed by atoms with Gasteiger partial charge in [0.25, 0.3) is 0 Å². The van der Waals surface area contributed by atoms with Gasteiger partial charge >= 0.3 is 0 Å². The molecule has 2 unspecified atom stereocenters. The van der Waals surface area contributed by atoms with Crippen molar-refractivity contribution >= 4 is 0 Å². The molecule has 1 aliphatic heterocycles. The van der Waals surface area contributed by atoms with Gasteiger partial charge in [-0.2, -0.15) is 0 Å². The zero-order valence-corrected chi connectivity index (χ0v) is 13.6. The molecule has 2 heteroatoms. The Morgan fingerprint density at radius 3 is 2.57 bits per heavy atom. The van der Waals surface area contributed by atoms with Crippen molar-refractivity contribution in [3.63, 3.8) is 0 Å². The summed E-state index contributed by atoms with van der Waals surface area (Å²) in [6.45, 7) is 7.04. The number of rotatable bonds is 2. The quantitative estimate of drug-likeness (QED) is 0.881. The predicted molar refractivity (Wildman–Crippen MR) is 85.4 cm³/mol. The van der Waals surface area contributed by atoms with Gasteiger partial charge in [-0.05, 0) is 69.1 Å². The second kappa shape index (κ2) is 5.40. The van der Waals surface area contributed by atoms with Gasteiger partial charge in [0.05, 0.1) is 11.2 Å². The molecule has 1 spiro atoms. The number of hydrogen-bond acceptors (Lipinski definition) is 2. The third-order valence-corrected chi connectivity index (χ3v) is 5.89. The molecule has 2 aliphatic rings. The second-order valence-electron chi connectivity index (χ2n) is 7.37. The Kier molecular flexibility index (Phi) is 3.87. The first-order valence-corrected chi connectivity index (χ1v) is 8.37. The summed E-state index contributed by atoms with van der Waals surface area (Å²) in [5, 5.41) is 11.2.